The molecule has 0 atom stereocenters. The van der Waals surface area contributed by atoms with Gasteiger partial charge in [0.25, 0.3) is 11.8 Å². The Morgan fingerprint density at radius 3 is 2.97 bits per heavy atom. The minimum absolute atomic E-state index is 0.213. The zero-order chi connectivity index (χ0) is 21.9. The summed E-state index contributed by atoms with van der Waals surface area (Å²) in [5.74, 6) is 2.77. The number of carbonyl (C=O) groups is 1. The monoisotopic (exact) mass is 432 g/mol. The molecule has 1 aliphatic rings. The first-order chi connectivity index (χ1) is 15.7. The zero-order valence-electron chi connectivity index (χ0n) is 17.3. The number of carbonyl (C=O) groups excluding carboxylic acids is 1. The molecule has 0 radical (unpaired) electrons. The number of ether oxygens (including phenoxy) is 2. The van der Waals surface area contributed by atoms with Crippen LogP contribution in [0.4, 0.5) is 0 Å². The van der Waals surface area contributed by atoms with Crippen molar-refractivity contribution in [3.63, 3.8) is 0 Å². The molecule has 1 N–H and O–H groups in total. The first-order valence-corrected chi connectivity index (χ1v) is 10.2. The number of fused-ring (bicyclic) bond motifs is 1. The van der Waals surface area contributed by atoms with E-state index < -0.39 is 0 Å². The van der Waals surface area contributed by atoms with Crippen molar-refractivity contribution in [1.82, 2.24) is 30.0 Å². The van der Waals surface area contributed by atoms with Gasteiger partial charge in [-0.25, -0.2) is 9.97 Å². The molecule has 4 aromatic rings. The van der Waals surface area contributed by atoms with Gasteiger partial charge in [0, 0.05) is 30.9 Å². The van der Waals surface area contributed by atoms with Crippen LogP contribution in [0.2, 0.25) is 0 Å². The molecule has 3 aromatic heterocycles. The zero-order valence-corrected chi connectivity index (χ0v) is 17.3. The summed E-state index contributed by atoms with van der Waals surface area (Å²) in [5, 5.41) is 6.84. The smallest absolute Gasteiger partial charge is 0.271 e. The van der Waals surface area contributed by atoms with Crippen molar-refractivity contribution in [1.29, 1.82) is 0 Å². The summed E-state index contributed by atoms with van der Waals surface area (Å²) in [4.78, 5) is 25.5. The van der Waals surface area contributed by atoms with E-state index in [0.717, 1.165) is 24.0 Å². The van der Waals surface area contributed by atoms with Crippen LogP contribution in [0, 0.1) is 0 Å². The summed E-state index contributed by atoms with van der Waals surface area (Å²) >= 11 is 0. The van der Waals surface area contributed by atoms with E-state index in [-0.39, 0.29) is 18.4 Å². The van der Waals surface area contributed by atoms with Crippen LogP contribution in [0.5, 0.6) is 11.5 Å². The van der Waals surface area contributed by atoms with Crippen LogP contribution >= 0.6 is 0 Å². The van der Waals surface area contributed by atoms with E-state index >= 15 is 0 Å². The highest BCUT2D eigenvalue weighted by Gasteiger charge is 2.15. The molecule has 0 saturated carbocycles. The summed E-state index contributed by atoms with van der Waals surface area (Å²) in [5.41, 5.74) is 1.92. The van der Waals surface area contributed by atoms with E-state index in [1.807, 2.05) is 18.2 Å². The number of amides is 1. The second-order valence-corrected chi connectivity index (χ2v) is 7.20. The summed E-state index contributed by atoms with van der Waals surface area (Å²) in [6.45, 7) is 2.61. The maximum Gasteiger partial charge on any atom is 0.271 e. The molecule has 0 unspecified atom stereocenters. The largest absolute Gasteiger partial charge is 0.454 e. The Balaban J connectivity index is 1.27. The lowest BCUT2D eigenvalue weighted by molar-refractivity contribution is 0.0946. The summed E-state index contributed by atoms with van der Waals surface area (Å²) < 4.78 is 17.7. The quantitative estimate of drug-likeness (QED) is 0.474. The predicted molar refractivity (Wildman–Crippen MR) is 112 cm³/mol. The molecule has 0 fully saturated rings. The number of aromatic nitrogens is 5. The second kappa shape index (κ2) is 8.50. The SMILES string of the molecule is CCCc1noc(-c2ccnc(-n3cnc(C(=O)NCc4ccc5c(c4)OCO5)c3)c2)n1. The molecule has 1 aliphatic heterocycles. The predicted octanol–water partition coefficient (Wildman–Crippen LogP) is 2.93. The fourth-order valence-electron chi connectivity index (χ4n) is 3.28. The Hall–Kier alpha value is -4.21. The Labute approximate surface area is 183 Å². The minimum atomic E-state index is -0.293. The van der Waals surface area contributed by atoms with Gasteiger partial charge in [-0.05, 0) is 36.2 Å². The molecule has 10 heteroatoms. The van der Waals surface area contributed by atoms with Crippen LogP contribution in [0.3, 0.4) is 0 Å². The lowest BCUT2D eigenvalue weighted by atomic mass is 10.2. The maximum atomic E-state index is 12.6. The molecule has 1 aromatic carbocycles. The molecule has 0 spiro atoms. The number of imidazole rings is 1. The van der Waals surface area contributed by atoms with Gasteiger partial charge in [0.15, 0.2) is 17.3 Å². The lowest BCUT2D eigenvalue weighted by Gasteiger charge is -2.05. The van der Waals surface area contributed by atoms with Crippen LogP contribution in [0.25, 0.3) is 17.3 Å². The van der Waals surface area contributed by atoms with Gasteiger partial charge in [-0.1, -0.05) is 18.1 Å². The number of rotatable bonds is 7. The van der Waals surface area contributed by atoms with E-state index in [1.165, 1.54) is 6.33 Å². The van der Waals surface area contributed by atoms with Crippen LogP contribution in [0.1, 0.15) is 35.2 Å². The molecule has 5 rings (SSSR count). The van der Waals surface area contributed by atoms with Gasteiger partial charge in [-0.15, -0.1) is 0 Å². The highest BCUT2D eigenvalue weighted by molar-refractivity contribution is 5.92. The lowest BCUT2D eigenvalue weighted by Crippen LogP contribution is -2.23. The molecule has 4 heterocycles. The van der Waals surface area contributed by atoms with Crippen LogP contribution in [-0.2, 0) is 13.0 Å². The van der Waals surface area contributed by atoms with Gasteiger partial charge in [0.2, 0.25) is 6.79 Å². The average Bonchev–Trinajstić information content (AvgIpc) is 3.58. The number of pyridine rings is 1. The number of benzene rings is 1. The van der Waals surface area contributed by atoms with Crippen molar-refractivity contribution >= 4 is 5.91 Å². The van der Waals surface area contributed by atoms with E-state index in [0.29, 0.717) is 35.6 Å². The molecule has 32 heavy (non-hydrogen) atoms. The van der Waals surface area contributed by atoms with Gasteiger partial charge < -0.3 is 19.3 Å². The third-order valence-corrected chi connectivity index (χ3v) is 4.90. The van der Waals surface area contributed by atoms with E-state index in [9.17, 15) is 4.79 Å². The third-order valence-electron chi connectivity index (χ3n) is 4.90. The van der Waals surface area contributed by atoms with Crippen molar-refractivity contribution in [3.05, 3.63) is 66.1 Å². The van der Waals surface area contributed by atoms with Crippen molar-refractivity contribution in [2.24, 2.45) is 0 Å². The molecule has 0 bridgehead atoms. The summed E-state index contributed by atoms with van der Waals surface area (Å²) in [7, 11) is 0. The number of aryl methyl sites for hydroxylation is 1. The Bertz CT molecular complexity index is 1260. The van der Waals surface area contributed by atoms with Crippen LogP contribution in [0.15, 0.2) is 53.6 Å². The molecule has 1 amide bonds. The first-order valence-electron chi connectivity index (χ1n) is 10.2. The van der Waals surface area contributed by atoms with E-state index in [2.05, 4.69) is 32.3 Å². The van der Waals surface area contributed by atoms with Crippen molar-refractivity contribution in [3.8, 4) is 28.8 Å². The summed E-state index contributed by atoms with van der Waals surface area (Å²) in [6.07, 6.45) is 6.51. The van der Waals surface area contributed by atoms with E-state index in [4.69, 9.17) is 14.0 Å². The molecular formula is C22H20N6O4. The average molecular weight is 432 g/mol. The molecule has 162 valence electrons. The molecule has 0 aliphatic carbocycles. The maximum absolute atomic E-state index is 12.6. The second-order valence-electron chi connectivity index (χ2n) is 7.20. The van der Waals surface area contributed by atoms with Crippen molar-refractivity contribution in [2.75, 3.05) is 6.79 Å². The van der Waals surface area contributed by atoms with Crippen LogP contribution in [-0.4, -0.2) is 37.4 Å². The highest BCUT2D eigenvalue weighted by Crippen LogP contribution is 2.32. The normalized spacial score (nSPS) is 12.2. The Kier molecular flexibility index (Phi) is 5.24. The van der Waals surface area contributed by atoms with Gasteiger partial charge in [0.1, 0.15) is 17.8 Å². The topological polar surface area (TPSA) is 117 Å². The number of hydrogen-bond donors (Lipinski definition) is 1. The first kappa shape index (κ1) is 19.7. The number of nitrogens with one attached hydrogen (secondary N) is 1. The van der Waals surface area contributed by atoms with Gasteiger partial charge >= 0.3 is 0 Å². The number of nitrogens with zero attached hydrogens (tertiary/aromatic N) is 5. The fourth-order valence-corrected chi connectivity index (χ4v) is 3.28. The number of hydrogen-bond acceptors (Lipinski definition) is 8. The molecular weight excluding hydrogens is 412 g/mol. The van der Waals surface area contributed by atoms with Gasteiger partial charge in [-0.2, -0.15) is 4.98 Å². The Morgan fingerprint density at radius 2 is 2.06 bits per heavy atom. The van der Waals surface area contributed by atoms with Gasteiger partial charge in [-0.3, -0.25) is 9.36 Å². The van der Waals surface area contributed by atoms with Crippen molar-refractivity contribution < 1.29 is 18.8 Å². The fraction of sp³-hybridized carbons (Fsp3) is 0.227. The van der Waals surface area contributed by atoms with Crippen molar-refractivity contribution in [2.45, 2.75) is 26.3 Å². The minimum Gasteiger partial charge on any atom is -0.454 e. The molecule has 0 saturated heterocycles. The van der Waals surface area contributed by atoms with Crippen LogP contribution < -0.4 is 14.8 Å². The van der Waals surface area contributed by atoms with E-state index in [1.54, 1.807) is 29.1 Å². The molecule has 10 nitrogen and oxygen atoms in total. The standard InChI is InChI=1S/C22H20N6O4/c1-2-3-19-26-22(32-27-19)15-6-7-23-20(9-15)28-11-16(25-12-28)21(29)24-10-14-4-5-17-18(8-14)31-13-30-17/h4-9,11-12H,2-3,10,13H2,1H3,(H,24,29). The third kappa shape index (κ3) is 4.02. The highest BCUT2D eigenvalue weighted by atomic mass is 16.7. The Morgan fingerprint density at radius 1 is 1.16 bits per heavy atom. The summed E-state index contributed by atoms with van der Waals surface area (Å²) in [6, 6.07) is 9.15. The van der Waals surface area contributed by atoms with Gasteiger partial charge in [0.05, 0.1) is 0 Å².